The van der Waals surface area contributed by atoms with Crippen LogP contribution in [-0.4, -0.2) is 29.9 Å². The van der Waals surface area contributed by atoms with Crippen LogP contribution in [0.3, 0.4) is 0 Å². The number of nitrogens with zero attached hydrogens (tertiary/aromatic N) is 1. The van der Waals surface area contributed by atoms with Gasteiger partial charge in [-0.2, -0.15) is 0 Å². The van der Waals surface area contributed by atoms with Crippen molar-refractivity contribution in [3.8, 4) is 0 Å². The number of rotatable bonds is 2. The van der Waals surface area contributed by atoms with Crippen molar-refractivity contribution in [3.63, 3.8) is 0 Å². The van der Waals surface area contributed by atoms with Crippen molar-refractivity contribution in [2.75, 3.05) is 13.1 Å². The molecule has 1 unspecified atom stereocenters. The normalized spacial score (nSPS) is 23.2. The summed E-state index contributed by atoms with van der Waals surface area (Å²) < 4.78 is 0. The third kappa shape index (κ3) is 3.35. The van der Waals surface area contributed by atoms with E-state index in [4.69, 9.17) is 5.73 Å². The van der Waals surface area contributed by atoms with Crippen LogP contribution in [0.25, 0.3) is 0 Å². The van der Waals surface area contributed by atoms with E-state index in [0.717, 1.165) is 13.1 Å². The van der Waals surface area contributed by atoms with E-state index >= 15 is 0 Å². The maximum absolute atomic E-state index is 11.0. The van der Waals surface area contributed by atoms with Crippen molar-refractivity contribution < 1.29 is 4.79 Å². The third-order valence-corrected chi connectivity index (χ3v) is 2.85. The Morgan fingerprint density at radius 1 is 1.15 bits per heavy atom. The molecule has 0 aliphatic carbocycles. The fourth-order valence-corrected chi connectivity index (χ4v) is 1.84. The maximum Gasteiger partial charge on any atom is 0.234 e. The number of carbonyl (C=O) groups is 1. The zero-order valence-electron chi connectivity index (χ0n) is 8.46. The Labute approximate surface area is 80.3 Å². The number of carbonyl (C=O) groups excluding carboxylic acids is 1. The molecule has 1 saturated heterocycles. The molecule has 0 spiro atoms. The second kappa shape index (κ2) is 5.22. The molecule has 3 heteroatoms. The number of hydrogen-bond donors (Lipinski definition) is 1. The van der Waals surface area contributed by atoms with Crippen LogP contribution in [0.4, 0.5) is 0 Å². The molecule has 1 fully saturated rings. The van der Waals surface area contributed by atoms with Gasteiger partial charge < -0.3 is 5.73 Å². The smallest absolute Gasteiger partial charge is 0.234 e. The van der Waals surface area contributed by atoms with Crippen LogP contribution in [0.2, 0.25) is 0 Å². The van der Waals surface area contributed by atoms with Gasteiger partial charge in [0.2, 0.25) is 5.91 Å². The first-order valence-electron chi connectivity index (χ1n) is 5.25. The minimum atomic E-state index is -0.194. The Hall–Kier alpha value is -0.570. The number of likely N-dealkylation sites (tertiary alicyclic amines) is 1. The third-order valence-electron chi connectivity index (χ3n) is 2.85. The molecular weight excluding hydrogens is 164 g/mol. The fraction of sp³-hybridized carbons (Fsp3) is 0.900. The Morgan fingerprint density at radius 3 is 2.08 bits per heavy atom. The Bertz CT molecular complexity index is 162. The van der Waals surface area contributed by atoms with E-state index in [0.29, 0.717) is 0 Å². The summed E-state index contributed by atoms with van der Waals surface area (Å²) in [6.07, 6.45) is 6.35. The Kier molecular flexibility index (Phi) is 4.22. The van der Waals surface area contributed by atoms with Gasteiger partial charge in [-0.25, -0.2) is 0 Å². The Balaban J connectivity index is 2.40. The van der Waals surface area contributed by atoms with E-state index < -0.39 is 0 Å². The maximum atomic E-state index is 11.0. The van der Waals surface area contributed by atoms with E-state index in [-0.39, 0.29) is 11.9 Å². The van der Waals surface area contributed by atoms with Gasteiger partial charge in [0, 0.05) is 0 Å². The molecule has 1 amide bonds. The van der Waals surface area contributed by atoms with Gasteiger partial charge in [-0.05, 0) is 32.9 Å². The lowest BCUT2D eigenvalue weighted by Gasteiger charge is -2.28. The van der Waals surface area contributed by atoms with Gasteiger partial charge >= 0.3 is 0 Å². The molecule has 0 aromatic heterocycles. The summed E-state index contributed by atoms with van der Waals surface area (Å²) in [7, 11) is 0. The molecule has 0 bridgehead atoms. The van der Waals surface area contributed by atoms with Crippen LogP contribution in [0.5, 0.6) is 0 Å². The van der Waals surface area contributed by atoms with E-state index in [2.05, 4.69) is 4.90 Å². The average molecular weight is 184 g/mol. The first-order chi connectivity index (χ1) is 6.22. The molecule has 1 atom stereocenters. The van der Waals surface area contributed by atoms with Crippen molar-refractivity contribution in [1.29, 1.82) is 0 Å². The van der Waals surface area contributed by atoms with Crippen LogP contribution in [0.15, 0.2) is 0 Å². The van der Waals surface area contributed by atoms with Crippen LogP contribution >= 0.6 is 0 Å². The molecule has 0 radical (unpaired) electrons. The van der Waals surface area contributed by atoms with E-state index in [1.54, 1.807) is 0 Å². The minimum Gasteiger partial charge on any atom is -0.368 e. The lowest BCUT2D eigenvalue weighted by Crippen LogP contribution is -2.44. The van der Waals surface area contributed by atoms with E-state index in [1.807, 2.05) is 6.92 Å². The quantitative estimate of drug-likeness (QED) is 0.699. The zero-order valence-corrected chi connectivity index (χ0v) is 8.46. The van der Waals surface area contributed by atoms with Gasteiger partial charge in [-0.3, -0.25) is 9.69 Å². The molecule has 0 aromatic rings. The van der Waals surface area contributed by atoms with Crippen molar-refractivity contribution in [1.82, 2.24) is 4.90 Å². The minimum absolute atomic E-state index is 0.0851. The number of hydrogen-bond acceptors (Lipinski definition) is 2. The highest BCUT2D eigenvalue weighted by atomic mass is 16.1. The van der Waals surface area contributed by atoms with Crippen LogP contribution < -0.4 is 5.73 Å². The summed E-state index contributed by atoms with van der Waals surface area (Å²) in [5.41, 5.74) is 5.28. The van der Waals surface area contributed by atoms with Crippen molar-refractivity contribution in [2.45, 2.75) is 45.1 Å². The second-order valence-corrected chi connectivity index (χ2v) is 3.88. The lowest BCUT2D eigenvalue weighted by molar-refractivity contribution is -0.122. The second-order valence-electron chi connectivity index (χ2n) is 3.88. The zero-order chi connectivity index (χ0) is 9.68. The summed E-state index contributed by atoms with van der Waals surface area (Å²) in [5.74, 6) is -0.194. The molecule has 1 rings (SSSR count). The lowest BCUT2D eigenvalue weighted by atomic mass is 10.1. The standard InChI is InChI=1S/C10H20N2O/c1-9(10(11)13)12-7-5-3-2-4-6-8-12/h9H,2-8H2,1H3,(H2,11,13). The summed E-state index contributed by atoms with van der Waals surface area (Å²) in [5, 5.41) is 0. The van der Waals surface area contributed by atoms with E-state index in [1.165, 1.54) is 32.1 Å². The van der Waals surface area contributed by atoms with Gasteiger partial charge in [0.25, 0.3) is 0 Å². The Morgan fingerprint density at radius 2 is 1.62 bits per heavy atom. The highest BCUT2D eigenvalue weighted by Crippen LogP contribution is 2.12. The van der Waals surface area contributed by atoms with Crippen LogP contribution in [-0.2, 0) is 4.79 Å². The summed E-state index contributed by atoms with van der Waals surface area (Å²) in [6.45, 7) is 3.97. The van der Waals surface area contributed by atoms with Crippen LogP contribution in [0, 0.1) is 0 Å². The summed E-state index contributed by atoms with van der Waals surface area (Å²) >= 11 is 0. The van der Waals surface area contributed by atoms with Gasteiger partial charge in [0.1, 0.15) is 0 Å². The molecular formula is C10H20N2O. The number of amides is 1. The molecule has 3 nitrogen and oxygen atoms in total. The summed E-state index contributed by atoms with van der Waals surface area (Å²) in [6, 6.07) is -0.0851. The predicted molar refractivity (Wildman–Crippen MR) is 53.3 cm³/mol. The molecule has 13 heavy (non-hydrogen) atoms. The highest BCUT2D eigenvalue weighted by molar-refractivity contribution is 5.79. The first kappa shape index (κ1) is 10.5. The topological polar surface area (TPSA) is 46.3 Å². The van der Waals surface area contributed by atoms with Crippen molar-refractivity contribution in [2.24, 2.45) is 5.73 Å². The molecule has 0 aromatic carbocycles. The largest absolute Gasteiger partial charge is 0.368 e. The molecule has 0 saturated carbocycles. The van der Waals surface area contributed by atoms with Crippen LogP contribution in [0.1, 0.15) is 39.0 Å². The van der Waals surface area contributed by atoms with Gasteiger partial charge in [-0.1, -0.05) is 19.3 Å². The molecule has 1 aliphatic rings. The van der Waals surface area contributed by atoms with Gasteiger partial charge in [0.05, 0.1) is 6.04 Å². The summed E-state index contributed by atoms with van der Waals surface area (Å²) in [4.78, 5) is 13.2. The van der Waals surface area contributed by atoms with Gasteiger partial charge in [-0.15, -0.1) is 0 Å². The molecule has 1 aliphatic heterocycles. The molecule has 1 heterocycles. The van der Waals surface area contributed by atoms with Gasteiger partial charge in [0.15, 0.2) is 0 Å². The van der Waals surface area contributed by atoms with Crippen molar-refractivity contribution in [3.05, 3.63) is 0 Å². The predicted octanol–water partition coefficient (Wildman–Crippen LogP) is 1.13. The highest BCUT2D eigenvalue weighted by Gasteiger charge is 2.18. The van der Waals surface area contributed by atoms with E-state index in [9.17, 15) is 4.79 Å². The first-order valence-corrected chi connectivity index (χ1v) is 5.25. The molecule has 76 valence electrons. The number of primary amides is 1. The average Bonchev–Trinajstić information content (AvgIpc) is 2.02. The fourth-order valence-electron chi connectivity index (χ4n) is 1.84. The SMILES string of the molecule is CC(C(N)=O)N1CCCCCCC1. The van der Waals surface area contributed by atoms with Crippen molar-refractivity contribution >= 4 is 5.91 Å². The monoisotopic (exact) mass is 184 g/mol. The molecule has 2 N–H and O–H groups in total. The number of nitrogens with two attached hydrogens (primary N) is 1.